The van der Waals surface area contributed by atoms with Crippen molar-refractivity contribution in [1.82, 2.24) is 5.32 Å². The van der Waals surface area contributed by atoms with Crippen LogP contribution in [0.15, 0.2) is 12.1 Å². The number of benzene rings is 1. The zero-order valence-electron chi connectivity index (χ0n) is 13.9. The van der Waals surface area contributed by atoms with Gasteiger partial charge in [0.1, 0.15) is 5.75 Å². The van der Waals surface area contributed by atoms with Gasteiger partial charge in [-0.3, -0.25) is 0 Å². The second-order valence-electron chi connectivity index (χ2n) is 6.13. The van der Waals surface area contributed by atoms with Crippen LogP contribution < -0.4 is 10.1 Å². The Bertz CT molecular complexity index is 455. The number of nitrogens with one attached hydrogen (secondary N) is 1. The van der Waals surface area contributed by atoms with Crippen LogP contribution in [0, 0.1) is 13.8 Å². The Morgan fingerprint density at radius 2 is 1.95 bits per heavy atom. The van der Waals surface area contributed by atoms with Crippen molar-refractivity contribution >= 4 is 11.8 Å². The van der Waals surface area contributed by atoms with Crippen LogP contribution in [-0.4, -0.2) is 25.2 Å². The summed E-state index contributed by atoms with van der Waals surface area (Å²) in [6, 6.07) is 4.78. The number of methoxy groups -OCH3 is 1. The summed E-state index contributed by atoms with van der Waals surface area (Å²) in [7, 11) is 3.84. The van der Waals surface area contributed by atoms with Crippen molar-refractivity contribution in [3.8, 4) is 5.75 Å². The lowest BCUT2D eigenvalue weighted by Crippen LogP contribution is -2.22. The molecule has 0 aromatic heterocycles. The summed E-state index contributed by atoms with van der Waals surface area (Å²) in [6.07, 6.45) is 7.04. The standard InChI is InChI=1S/C18H29NOS/c1-13-10-14(2)18(17(11-13)20-4)16(19-3)12-21-15-8-6-5-7-9-15/h10-11,15-16,19H,5-9,12H2,1-4H3. The minimum Gasteiger partial charge on any atom is -0.496 e. The summed E-state index contributed by atoms with van der Waals surface area (Å²) in [5, 5.41) is 4.35. The molecule has 0 amide bonds. The molecule has 3 heteroatoms. The van der Waals surface area contributed by atoms with E-state index in [0.29, 0.717) is 6.04 Å². The van der Waals surface area contributed by atoms with Crippen molar-refractivity contribution in [3.63, 3.8) is 0 Å². The number of hydrogen-bond acceptors (Lipinski definition) is 3. The Balaban J connectivity index is 2.09. The van der Waals surface area contributed by atoms with Gasteiger partial charge in [-0.15, -0.1) is 0 Å². The minimum absolute atomic E-state index is 0.368. The predicted octanol–water partition coefficient (Wildman–Crippen LogP) is 4.64. The predicted molar refractivity (Wildman–Crippen MR) is 93.6 cm³/mol. The molecule has 1 fully saturated rings. The Morgan fingerprint density at radius 3 is 2.57 bits per heavy atom. The fourth-order valence-corrected chi connectivity index (χ4v) is 4.79. The lowest BCUT2D eigenvalue weighted by Gasteiger charge is -2.26. The fourth-order valence-electron chi connectivity index (χ4n) is 3.33. The Morgan fingerprint density at radius 1 is 1.24 bits per heavy atom. The van der Waals surface area contributed by atoms with Crippen LogP contribution in [0.5, 0.6) is 5.75 Å². The van der Waals surface area contributed by atoms with Crippen LogP contribution in [0.2, 0.25) is 0 Å². The third kappa shape index (κ3) is 4.40. The minimum atomic E-state index is 0.368. The van der Waals surface area contributed by atoms with Crippen molar-refractivity contribution in [1.29, 1.82) is 0 Å². The molecule has 0 spiro atoms. The number of hydrogen-bond donors (Lipinski definition) is 1. The molecule has 0 radical (unpaired) electrons. The van der Waals surface area contributed by atoms with Crippen molar-refractivity contribution < 1.29 is 4.74 Å². The van der Waals surface area contributed by atoms with E-state index in [0.717, 1.165) is 16.8 Å². The molecule has 1 aromatic rings. The zero-order valence-corrected chi connectivity index (χ0v) is 14.7. The van der Waals surface area contributed by atoms with Gasteiger partial charge in [0.15, 0.2) is 0 Å². The summed E-state index contributed by atoms with van der Waals surface area (Å²) in [6.45, 7) is 4.32. The Kier molecular flexibility index (Phi) is 6.43. The highest BCUT2D eigenvalue weighted by Gasteiger charge is 2.21. The summed E-state index contributed by atoms with van der Waals surface area (Å²) in [5.41, 5.74) is 3.92. The van der Waals surface area contributed by atoms with Gasteiger partial charge in [0, 0.05) is 22.6 Å². The number of thioether (sulfide) groups is 1. The van der Waals surface area contributed by atoms with E-state index in [1.54, 1.807) is 7.11 Å². The third-order valence-corrected chi connectivity index (χ3v) is 5.93. The van der Waals surface area contributed by atoms with Gasteiger partial charge >= 0.3 is 0 Å². The molecule has 1 aromatic carbocycles. The van der Waals surface area contributed by atoms with Crippen LogP contribution >= 0.6 is 11.8 Å². The van der Waals surface area contributed by atoms with Crippen molar-refractivity contribution in [2.24, 2.45) is 0 Å². The van der Waals surface area contributed by atoms with Gasteiger partial charge in [0.05, 0.1) is 7.11 Å². The fraction of sp³-hybridized carbons (Fsp3) is 0.667. The second-order valence-corrected chi connectivity index (χ2v) is 7.47. The summed E-state index contributed by atoms with van der Waals surface area (Å²) in [5.74, 6) is 2.15. The molecule has 0 bridgehead atoms. The topological polar surface area (TPSA) is 21.3 Å². The average molecular weight is 308 g/mol. The van der Waals surface area contributed by atoms with E-state index in [1.165, 1.54) is 48.8 Å². The van der Waals surface area contributed by atoms with Gasteiger partial charge in [0.2, 0.25) is 0 Å². The van der Waals surface area contributed by atoms with E-state index in [4.69, 9.17) is 4.74 Å². The molecule has 0 aliphatic heterocycles. The molecule has 118 valence electrons. The summed E-state index contributed by atoms with van der Waals surface area (Å²) in [4.78, 5) is 0. The number of ether oxygens (including phenoxy) is 1. The molecule has 1 N–H and O–H groups in total. The first-order valence-electron chi connectivity index (χ1n) is 8.09. The Hall–Kier alpha value is -0.670. The molecule has 0 saturated heterocycles. The molecule has 1 aliphatic rings. The molecule has 1 aliphatic carbocycles. The molecule has 2 rings (SSSR count). The van der Waals surface area contributed by atoms with E-state index < -0.39 is 0 Å². The first-order chi connectivity index (χ1) is 10.2. The second kappa shape index (κ2) is 8.09. The van der Waals surface area contributed by atoms with E-state index in [1.807, 2.05) is 0 Å². The zero-order chi connectivity index (χ0) is 15.2. The number of rotatable bonds is 6. The van der Waals surface area contributed by atoms with E-state index in [9.17, 15) is 0 Å². The molecule has 1 saturated carbocycles. The largest absolute Gasteiger partial charge is 0.496 e. The van der Waals surface area contributed by atoms with Gasteiger partial charge in [-0.2, -0.15) is 11.8 Å². The van der Waals surface area contributed by atoms with Crippen LogP contribution in [-0.2, 0) is 0 Å². The quantitative estimate of drug-likeness (QED) is 0.827. The van der Waals surface area contributed by atoms with Crippen molar-refractivity contribution in [3.05, 3.63) is 28.8 Å². The highest BCUT2D eigenvalue weighted by Crippen LogP contribution is 2.35. The molecule has 1 unspecified atom stereocenters. The van der Waals surface area contributed by atoms with E-state index in [2.05, 4.69) is 50.1 Å². The lowest BCUT2D eigenvalue weighted by atomic mass is 9.99. The van der Waals surface area contributed by atoms with Crippen molar-refractivity contribution in [2.45, 2.75) is 57.2 Å². The molecular weight excluding hydrogens is 278 g/mol. The molecule has 1 atom stereocenters. The maximum absolute atomic E-state index is 5.63. The van der Waals surface area contributed by atoms with Crippen LogP contribution in [0.1, 0.15) is 54.8 Å². The third-order valence-electron chi connectivity index (χ3n) is 4.46. The smallest absolute Gasteiger partial charge is 0.124 e. The van der Waals surface area contributed by atoms with Gasteiger partial charge in [0.25, 0.3) is 0 Å². The van der Waals surface area contributed by atoms with Gasteiger partial charge in [-0.1, -0.05) is 25.3 Å². The highest BCUT2D eigenvalue weighted by atomic mass is 32.2. The first kappa shape index (κ1) is 16.7. The van der Waals surface area contributed by atoms with E-state index >= 15 is 0 Å². The van der Waals surface area contributed by atoms with Crippen molar-refractivity contribution in [2.75, 3.05) is 19.9 Å². The maximum Gasteiger partial charge on any atom is 0.124 e. The van der Waals surface area contributed by atoms with Gasteiger partial charge < -0.3 is 10.1 Å². The SMILES string of the molecule is CNC(CSC1CCCCC1)c1c(C)cc(C)cc1OC. The highest BCUT2D eigenvalue weighted by molar-refractivity contribution is 7.99. The molecule has 21 heavy (non-hydrogen) atoms. The first-order valence-corrected chi connectivity index (χ1v) is 9.14. The van der Waals surface area contributed by atoms with Gasteiger partial charge in [-0.25, -0.2) is 0 Å². The molecule has 0 heterocycles. The number of aryl methyl sites for hydroxylation is 2. The summed E-state index contributed by atoms with van der Waals surface area (Å²) >= 11 is 2.14. The van der Waals surface area contributed by atoms with Crippen LogP contribution in [0.3, 0.4) is 0 Å². The molecular formula is C18H29NOS. The normalized spacial score (nSPS) is 17.7. The monoisotopic (exact) mass is 307 g/mol. The van der Waals surface area contributed by atoms with E-state index in [-0.39, 0.29) is 0 Å². The Labute approximate surface area is 134 Å². The molecule has 2 nitrogen and oxygen atoms in total. The average Bonchev–Trinajstić information content (AvgIpc) is 2.50. The van der Waals surface area contributed by atoms with Crippen LogP contribution in [0.4, 0.5) is 0 Å². The lowest BCUT2D eigenvalue weighted by molar-refractivity contribution is 0.403. The van der Waals surface area contributed by atoms with Gasteiger partial charge in [-0.05, 0) is 50.9 Å². The van der Waals surface area contributed by atoms with Crippen LogP contribution in [0.25, 0.3) is 0 Å². The maximum atomic E-state index is 5.63. The summed E-state index contributed by atoms with van der Waals surface area (Å²) < 4.78 is 5.63.